The Kier molecular flexibility index (Phi) is 7.03. The number of amides is 1. The molecule has 1 amide bonds. The van der Waals surface area contributed by atoms with Gasteiger partial charge in [0.1, 0.15) is 0 Å². The number of hydrogen-bond donors (Lipinski definition) is 2. The van der Waals surface area contributed by atoms with Crippen LogP contribution in [0.15, 0.2) is 0 Å². The SMILES string of the molecule is CC(C)C[C@H](CNC(=O)C1CCC(C)CC1)CC(=O)O. The van der Waals surface area contributed by atoms with Gasteiger partial charge in [0, 0.05) is 18.9 Å². The summed E-state index contributed by atoms with van der Waals surface area (Å²) in [4.78, 5) is 23.0. The smallest absolute Gasteiger partial charge is 0.303 e. The van der Waals surface area contributed by atoms with Gasteiger partial charge >= 0.3 is 5.97 Å². The highest BCUT2D eigenvalue weighted by Crippen LogP contribution is 2.28. The molecule has 0 heterocycles. The second-order valence-corrected chi connectivity index (χ2v) is 6.80. The van der Waals surface area contributed by atoms with Crippen molar-refractivity contribution in [3.05, 3.63) is 0 Å². The molecule has 0 aromatic heterocycles. The molecular weight excluding hydrogens is 254 g/mol. The van der Waals surface area contributed by atoms with Crippen molar-refractivity contribution < 1.29 is 14.7 Å². The van der Waals surface area contributed by atoms with Crippen molar-refractivity contribution >= 4 is 11.9 Å². The standard InChI is InChI=1S/C16H29NO3/c1-11(2)8-13(9-15(18)19)10-17-16(20)14-6-4-12(3)5-7-14/h11-14H,4-10H2,1-3H3,(H,17,20)(H,18,19)/t12?,13-,14?/m0/s1. The van der Waals surface area contributed by atoms with Gasteiger partial charge in [-0.1, -0.05) is 20.8 Å². The number of rotatable bonds is 7. The molecule has 0 aromatic rings. The van der Waals surface area contributed by atoms with Gasteiger partial charge in [0.25, 0.3) is 0 Å². The van der Waals surface area contributed by atoms with Crippen molar-refractivity contribution in [2.45, 2.75) is 59.3 Å². The molecule has 1 aliphatic rings. The average molecular weight is 283 g/mol. The number of aliphatic carboxylic acids is 1. The molecule has 0 unspecified atom stereocenters. The summed E-state index contributed by atoms with van der Waals surface area (Å²) >= 11 is 0. The Morgan fingerprint density at radius 2 is 1.80 bits per heavy atom. The van der Waals surface area contributed by atoms with Crippen LogP contribution in [0.2, 0.25) is 0 Å². The van der Waals surface area contributed by atoms with Crippen molar-refractivity contribution in [2.24, 2.45) is 23.7 Å². The van der Waals surface area contributed by atoms with Gasteiger partial charge < -0.3 is 10.4 Å². The highest BCUT2D eigenvalue weighted by atomic mass is 16.4. The number of carboxylic acid groups (broad SMARTS) is 1. The quantitative estimate of drug-likeness (QED) is 0.754. The summed E-state index contributed by atoms with van der Waals surface area (Å²) in [5, 5.41) is 11.9. The summed E-state index contributed by atoms with van der Waals surface area (Å²) in [6, 6.07) is 0. The lowest BCUT2D eigenvalue weighted by Gasteiger charge is -2.26. The summed E-state index contributed by atoms with van der Waals surface area (Å²) in [5.74, 6) is 0.702. The summed E-state index contributed by atoms with van der Waals surface area (Å²) in [6.45, 7) is 6.90. The van der Waals surface area contributed by atoms with Crippen molar-refractivity contribution in [2.75, 3.05) is 6.54 Å². The fourth-order valence-electron chi connectivity index (χ4n) is 3.06. The average Bonchev–Trinajstić information content (AvgIpc) is 2.35. The van der Waals surface area contributed by atoms with E-state index < -0.39 is 5.97 Å². The fraction of sp³-hybridized carbons (Fsp3) is 0.875. The van der Waals surface area contributed by atoms with Crippen LogP contribution in [0, 0.1) is 23.7 Å². The number of hydrogen-bond acceptors (Lipinski definition) is 2. The van der Waals surface area contributed by atoms with Crippen LogP contribution in [-0.2, 0) is 9.59 Å². The van der Waals surface area contributed by atoms with Gasteiger partial charge in [-0.3, -0.25) is 9.59 Å². The van der Waals surface area contributed by atoms with Gasteiger partial charge in [0.15, 0.2) is 0 Å². The molecule has 1 rings (SSSR count). The van der Waals surface area contributed by atoms with Gasteiger partial charge in [0.2, 0.25) is 5.91 Å². The van der Waals surface area contributed by atoms with E-state index in [9.17, 15) is 9.59 Å². The summed E-state index contributed by atoms with van der Waals surface area (Å²) in [5.41, 5.74) is 0. The maximum absolute atomic E-state index is 12.1. The monoisotopic (exact) mass is 283 g/mol. The third kappa shape index (κ3) is 6.40. The molecule has 20 heavy (non-hydrogen) atoms. The number of carbonyl (C=O) groups is 2. The van der Waals surface area contributed by atoms with Crippen LogP contribution in [0.25, 0.3) is 0 Å². The van der Waals surface area contributed by atoms with Gasteiger partial charge in [-0.2, -0.15) is 0 Å². The van der Waals surface area contributed by atoms with Gasteiger partial charge in [-0.25, -0.2) is 0 Å². The highest BCUT2D eigenvalue weighted by Gasteiger charge is 2.25. The Morgan fingerprint density at radius 1 is 1.20 bits per heavy atom. The molecule has 0 saturated heterocycles. The molecule has 116 valence electrons. The molecule has 0 aromatic carbocycles. The number of carbonyl (C=O) groups excluding carboxylic acids is 1. The van der Waals surface area contributed by atoms with Crippen LogP contribution >= 0.6 is 0 Å². The molecule has 4 nitrogen and oxygen atoms in total. The molecule has 1 saturated carbocycles. The third-order valence-electron chi connectivity index (χ3n) is 4.22. The zero-order chi connectivity index (χ0) is 15.1. The van der Waals surface area contributed by atoms with E-state index in [1.54, 1.807) is 0 Å². The first kappa shape index (κ1) is 17.0. The van der Waals surface area contributed by atoms with E-state index >= 15 is 0 Å². The molecule has 0 aliphatic heterocycles. The molecule has 2 N–H and O–H groups in total. The minimum absolute atomic E-state index is 0.0407. The second kappa shape index (κ2) is 8.28. The molecule has 0 radical (unpaired) electrons. The van der Waals surface area contributed by atoms with E-state index in [1.807, 2.05) is 0 Å². The zero-order valence-electron chi connectivity index (χ0n) is 13.0. The molecular formula is C16H29NO3. The summed E-state index contributed by atoms with van der Waals surface area (Å²) < 4.78 is 0. The lowest BCUT2D eigenvalue weighted by atomic mass is 9.82. The van der Waals surface area contributed by atoms with Gasteiger partial charge in [-0.15, -0.1) is 0 Å². The topological polar surface area (TPSA) is 66.4 Å². The van der Waals surface area contributed by atoms with E-state index in [-0.39, 0.29) is 24.2 Å². The highest BCUT2D eigenvalue weighted by molar-refractivity contribution is 5.78. The van der Waals surface area contributed by atoms with Crippen molar-refractivity contribution in [1.29, 1.82) is 0 Å². The maximum atomic E-state index is 12.1. The van der Waals surface area contributed by atoms with Crippen LogP contribution in [0.4, 0.5) is 0 Å². The molecule has 0 bridgehead atoms. The molecule has 1 atom stereocenters. The van der Waals surface area contributed by atoms with E-state index in [4.69, 9.17) is 5.11 Å². The van der Waals surface area contributed by atoms with Crippen LogP contribution < -0.4 is 5.32 Å². The lowest BCUT2D eigenvalue weighted by Crippen LogP contribution is -2.36. The van der Waals surface area contributed by atoms with Crippen molar-refractivity contribution in [1.82, 2.24) is 5.32 Å². The lowest BCUT2D eigenvalue weighted by molar-refractivity contribution is -0.138. The van der Waals surface area contributed by atoms with Crippen LogP contribution in [0.1, 0.15) is 59.3 Å². The minimum atomic E-state index is -0.781. The van der Waals surface area contributed by atoms with Crippen molar-refractivity contribution in [3.63, 3.8) is 0 Å². The first-order chi connectivity index (χ1) is 9.38. The molecule has 4 heteroatoms. The van der Waals surface area contributed by atoms with E-state index in [1.165, 1.54) is 0 Å². The Labute approximate surface area is 122 Å². The fourth-order valence-corrected chi connectivity index (χ4v) is 3.06. The first-order valence-electron chi connectivity index (χ1n) is 7.88. The number of nitrogens with one attached hydrogen (secondary N) is 1. The predicted molar refractivity (Wildman–Crippen MR) is 79.3 cm³/mol. The van der Waals surface area contributed by atoms with Crippen LogP contribution in [0.3, 0.4) is 0 Å². The molecule has 1 aliphatic carbocycles. The largest absolute Gasteiger partial charge is 0.481 e. The van der Waals surface area contributed by atoms with E-state index in [0.717, 1.165) is 38.0 Å². The number of carboxylic acids is 1. The summed E-state index contributed by atoms with van der Waals surface area (Å²) in [7, 11) is 0. The predicted octanol–water partition coefficient (Wildman–Crippen LogP) is 3.07. The van der Waals surface area contributed by atoms with Gasteiger partial charge in [-0.05, 0) is 49.9 Å². The van der Waals surface area contributed by atoms with E-state index in [0.29, 0.717) is 12.5 Å². The second-order valence-electron chi connectivity index (χ2n) is 6.80. The Bertz CT molecular complexity index is 320. The Hall–Kier alpha value is -1.06. The first-order valence-corrected chi connectivity index (χ1v) is 7.88. The molecule has 0 spiro atoms. The Morgan fingerprint density at radius 3 is 2.30 bits per heavy atom. The Balaban J connectivity index is 2.37. The van der Waals surface area contributed by atoms with Crippen LogP contribution in [-0.4, -0.2) is 23.5 Å². The van der Waals surface area contributed by atoms with Crippen LogP contribution in [0.5, 0.6) is 0 Å². The molecule has 1 fully saturated rings. The maximum Gasteiger partial charge on any atom is 0.303 e. The minimum Gasteiger partial charge on any atom is -0.481 e. The third-order valence-corrected chi connectivity index (χ3v) is 4.22. The normalized spacial score (nSPS) is 24.4. The zero-order valence-corrected chi connectivity index (χ0v) is 13.0. The van der Waals surface area contributed by atoms with Gasteiger partial charge in [0.05, 0.1) is 0 Å². The van der Waals surface area contributed by atoms with Crippen molar-refractivity contribution in [3.8, 4) is 0 Å². The van der Waals surface area contributed by atoms with E-state index in [2.05, 4.69) is 26.1 Å². The summed E-state index contributed by atoms with van der Waals surface area (Å²) in [6.07, 6.45) is 5.18.